The summed E-state index contributed by atoms with van der Waals surface area (Å²) < 4.78 is 24.5. The molecule has 0 aromatic heterocycles. The Hall–Kier alpha value is -1.11. The Balaban J connectivity index is 1.49. The van der Waals surface area contributed by atoms with E-state index in [9.17, 15) is 13.2 Å². The number of hydrogen-bond acceptors (Lipinski definition) is 4. The molecule has 1 aromatic carbocycles. The average molecular weight is 371 g/mol. The van der Waals surface area contributed by atoms with E-state index in [2.05, 4.69) is 10.6 Å². The molecule has 2 aliphatic rings. The first kappa shape index (κ1) is 17.7. The number of benzene rings is 1. The van der Waals surface area contributed by atoms with Crippen LogP contribution in [0.15, 0.2) is 29.2 Å². The largest absolute Gasteiger partial charge is 0.354 e. The van der Waals surface area contributed by atoms with Crippen LogP contribution in [0.25, 0.3) is 0 Å². The van der Waals surface area contributed by atoms with Gasteiger partial charge in [0.15, 0.2) is 9.84 Å². The maximum atomic E-state index is 12.3. The van der Waals surface area contributed by atoms with E-state index in [1.807, 2.05) is 0 Å². The van der Waals surface area contributed by atoms with Gasteiger partial charge < -0.3 is 10.6 Å². The summed E-state index contributed by atoms with van der Waals surface area (Å²) in [5, 5.41) is 6.66. The van der Waals surface area contributed by atoms with Crippen molar-refractivity contribution < 1.29 is 13.2 Å². The zero-order valence-electron chi connectivity index (χ0n) is 13.5. The third kappa shape index (κ3) is 4.10. The van der Waals surface area contributed by atoms with Crippen LogP contribution in [0.5, 0.6) is 0 Å². The Morgan fingerprint density at radius 2 is 1.92 bits per heavy atom. The molecule has 132 valence electrons. The van der Waals surface area contributed by atoms with Crippen molar-refractivity contribution in [2.45, 2.75) is 49.1 Å². The maximum Gasteiger partial charge on any atom is 0.237 e. The summed E-state index contributed by atoms with van der Waals surface area (Å²) in [7, 11) is -3.41. The second kappa shape index (κ2) is 7.42. The molecule has 1 heterocycles. The van der Waals surface area contributed by atoms with Gasteiger partial charge in [0.2, 0.25) is 5.91 Å². The predicted octanol–water partition coefficient (Wildman–Crippen LogP) is 2.15. The normalized spacial score (nSPS) is 26.8. The molecule has 3 rings (SSSR count). The van der Waals surface area contributed by atoms with E-state index in [-0.39, 0.29) is 29.1 Å². The lowest BCUT2D eigenvalue weighted by Gasteiger charge is -2.24. The fourth-order valence-corrected chi connectivity index (χ4v) is 5.00. The number of nitrogens with one attached hydrogen (secondary N) is 2. The quantitative estimate of drug-likeness (QED) is 0.832. The summed E-state index contributed by atoms with van der Waals surface area (Å²) in [5.41, 5.74) is 0. The van der Waals surface area contributed by atoms with Crippen molar-refractivity contribution in [3.63, 3.8) is 0 Å². The molecule has 3 atom stereocenters. The number of hydrogen-bond donors (Lipinski definition) is 2. The SMILES string of the molecule is O=C(NCCS(=O)(=O)c1ccc(Cl)cc1)C1CC2CCCCC2N1. The zero-order chi connectivity index (χ0) is 17.2. The summed E-state index contributed by atoms with van der Waals surface area (Å²) in [4.78, 5) is 12.5. The second-order valence-corrected chi connectivity index (χ2v) is 9.22. The van der Waals surface area contributed by atoms with E-state index < -0.39 is 9.84 Å². The number of carbonyl (C=O) groups excluding carboxylic acids is 1. The van der Waals surface area contributed by atoms with Gasteiger partial charge in [0.1, 0.15) is 0 Å². The van der Waals surface area contributed by atoms with Gasteiger partial charge in [-0.05, 0) is 49.4 Å². The van der Waals surface area contributed by atoms with Gasteiger partial charge in [-0.25, -0.2) is 8.42 Å². The Kier molecular flexibility index (Phi) is 5.47. The van der Waals surface area contributed by atoms with Crippen LogP contribution in [0.4, 0.5) is 0 Å². The van der Waals surface area contributed by atoms with Gasteiger partial charge in [-0.15, -0.1) is 0 Å². The summed E-state index contributed by atoms with van der Waals surface area (Å²) in [6, 6.07) is 6.35. The van der Waals surface area contributed by atoms with Crippen LogP contribution in [0.2, 0.25) is 5.02 Å². The first-order valence-electron chi connectivity index (χ1n) is 8.48. The number of amides is 1. The van der Waals surface area contributed by atoms with Crippen molar-refractivity contribution in [3.8, 4) is 0 Å². The van der Waals surface area contributed by atoms with E-state index in [0.29, 0.717) is 17.0 Å². The zero-order valence-corrected chi connectivity index (χ0v) is 15.1. The van der Waals surface area contributed by atoms with E-state index in [4.69, 9.17) is 11.6 Å². The molecule has 2 fully saturated rings. The topological polar surface area (TPSA) is 75.3 Å². The van der Waals surface area contributed by atoms with E-state index in [1.165, 1.54) is 31.4 Å². The van der Waals surface area contributed by atoms with Crippen LogP contribution in [0.3, 0.4) is 0 Å². The van der Waals surface area contributed by atoms with Crippen molar-refractivity contribution >= 4 is 27.3 Å². The Bertz CT molecular complexity index is 676. The summed E-state index contributed by atoms with van der Waals surface area (Å²) in [6.45, 7) is 0.122. The predicted molar refractivity (Wildman–Crippen MR) is 93.8 cm³/mol. The molecule has 7 heteroatoms. The number of sulfone groups is 1. The van der Waals surface area contributed by atoms with E-state index >= 15 is 0 Å². The summed E-state index contributed by atoms with van der Waals surface area (Å²) in [6.07, 6.45) is 5.66. The Morgan fingerprint density at radius 1 is 1.21 bits per heavy atom. The van der Waals surface area contributed by atoms with Crippen molar-refractivity contribution in [2.24, 2.45) is 5.92 Å². The highest BCUT2D eigenvalue weighted by molar-refractivity contribution is 7.91. The molecule has 1 amide bonds. The molecule has 0 spiro atoms. The lowest BCUT2D eigenvalue weighted by atomic mass is 9.85. The van der Waals surface area contributed by atoms with Gasteiger partial charge >= 0.3 is 0 Å². The van der Waals surface area contributed by atoms with Crippen LogP contribution in [0, 0.1) is 5.92 Å². The monoisotopic (exact) mass is 370 g/mol. The molecule has 0 bridgehead atoms. The highest BCUT2D eigenvalue weighted by Gasteiger charge is 2.38. The van der Waals surface area contributed by atoms with Gasteiger partial charge in [0.25, 0.3) is 0 Å². The third-order valence-electron chi connectivity index (χ3n) is 5.02. The first-order valence-corrected chi connectivity index (χ1v) is 10.5. The Morgan fingerprint density at radius 3 is 2.62 bits per heavy atom. The van der Waals surface area contributed by atoms with Crippen LogP contribution < -0.4 is 10.6 Å². The number of fused-ring (bicyclic) bond motifs is 1. The molecule has 3 unspecified atom stereocenters. The summed E-state index contributed by atoms with van der Waals surface area (Å²) >= 11 is 5.77. The standard InChI is InChI=1S/C17H23ClN2O3S/c18-13-5-7-14(8-6-13)24(22,23)10-9-19-17(21)16-11-12-3-1-2-4-15(12)20-16/h5-8,12,15-16,20H,1-4,9-11H2,(H,19,21). The first-order chi connectivity index (χ1) is 11.5. The third-order valence-corrected chi connectivity index (χ3v) is 7.01. The minimum atomic E-state index is -3.41. The van der Waals surface area contributed by atoms with Crippen molar-refractivity contribution in [1.82, 2.24) is 10.6 Å². The van der Waals surface area contributed by atoms with Gasteiger partial charge in [-0.3, -0.25) is 4.79 Å². The molecule has 24 heavy (non-hydrogen) atoms. The van der Waals surface area contributed by atoms with E-state index in [0.717, 1.165) is 12.8 Å². The van der Waals surface area contributed by atoms with Gasteiger partial charge in [-0.2, -0.15) is 0 Å². The lowest BCUT2D eigenvalue weighted by molar-refractivity contribution is -0.122. The maximum absolute atomic E-state index is 12.3. The fraction of sp³-hybridized carbons (Fsp3) is 0.588. The molecule has 1 aliphatic heterocycles. The van der Waals surface area contributed by atoms with Gasteiger partial charge in [0.05, 0.1) is 16.7 Å². The van der Waals surface area contributed by atoms with Crippen LogP contribution in [0.1, 0.15) is 32.1 Å². The van der Waals surface area contributed by atoms with Crippen molar-refractivity contribution in [1.29, 1.82) is 0 Å². The second-order valence-electron chi connectivity index (χ2n) is 6.67. The molecule has 2 N–H and O–H groups in total. The fourth-order valence-electron chi connectivity index (χ4n) is 3.71. The van der Waals surface area contributed by atoms with Gasteiger partial charge in [-0.1, -0.05) is 24.4 Å². The average Bonchev–Trinajstić information content (AvgIpc) is 2.99. The highest BCUT2D eigenvalue weighted by atomic mass is 35.5. The van der Waals surface area contributed by atoms with Crippen LogP contribution in [-0.4, -0.2) is 38.7 Å². The molecule has 0 radical (unpaired) electrons. The molecule has 1 saturated heterocycles. The molecular weight excluding hydrogens is 348 g/mol. The minimum Gasteiger partial charge on any atom is -0.354 e. The molecule has 5 nitrogen and oxygen atoms in total. The smallest absolute Gasteiger partial charge is 0.237 e. The van der Waals surface area contributed by atoms with E-state index in [1.54, 1.807) is 12.1 Å². The Labute approximate surface area is 148 Å². The number of halogens is 1. The van der Waals surface area contributed by atoms with Crippen LogP contribution in [-0.2, 0) is 14.6 Å². The molecule has 1 aromatic rings. The van der Waals surface area contributed by atoms with Crippen molar-refractivity contribution in [3.05, 3.63) is 29.3 Å². The lowest BCUT2D eigenvalue weighted by Crippen LogP contribution is -2.44. The van der Waals surface area contributed by atoms with Crippen molar-refractivity contribution in [2.75, 3.05) is 12.3 Å². The highest BCUT2D eigenvalue weighted by Crippen LogP contribution is 2.33. The minimum absolute atomic E-state index is 0.0873. The molecule has 1 aliphatic carbocycles. The van der Waals surface area contributed by atoms with Crippen LogP contribution >= 0.6 is 11.6 Å². The summed E-state index contributed by atoms with van der Waals surface area (Å²) in [5.74, 6) is 0.392. The number of rotatable bonds is 5. The molecular formula is C17H23ClN2O3S. The number of carbonyl (C=O) groups is 1. The van der Waals surface area contributed by atoms with Gasteiger partial charge in [0, 0.05) is 17.6 Å². The molecule has 1 saturated carbocycles.